The second kappa shape index (κ2) is 10.5. The first-order chi connectivity index (χ1) is 15.4. The largest absolute Gasteiger partial charge is 0.493 e. The maximum Gasteiger partial charge on any atom is 0.261 e. The minimum Gasteiger partial charge on any atom is -0.493 e. The Bertz CT molecular complexity index is 884. The molecule has 1 saturated heterocycles. The molecule has 1 fully saturated rings. The number of carbonyl (C=O) groups excluding carboxylic acids is 1. The third-order valence-electron chi connectivity index (χ3n) is 5.60. The van der Waals surface area contributed by atoms with Crippen molar-refractivity contribution < 1.29 is 28.1 Å². The Morgan fingerprint density at radius 2 is 1.53 bits per heavy atom. The zero-order chi connectivity index (χ0) is 23.3. The van der Waals surface area contributed by atoms with Crippen LogP contribution < -0.4 is 18.9 Å². The molecule has 1 aliphatic heterocycles. The maximum atomic E-state index is 13.2. The number of rotatable bonds is 8. The number of carbonyl (C=O) groups is 1. The molecule has 7 nitrogen and oxygen atoms in total. The summed E-state index contributed by atoms with van der Waals surface area (Å²) in [5.41, 5.74) is 1.05. The summed E-state index contributed by atoms with van der Waals surface area (Å²) in [6.07, 6.45) is 0. The average molecular weight is 447 g/mol. The summed E-state index contributed by atoms with van der Waals surface area (Å²) in [5, 5.41) is 0. The minimum absolute atomic E-state index is 0.0234. The molecule has 1 aliphatic rings. The predicted molar refractivity (Wildman–Crippen MR) is 119 cm³/mol. The highest BCUT2D eigenvalue weighted by Crippen LogP contribution is 2.40. The molecule has 1 amide bonds. The second-order valence-corrected chi connectivity index (χ2v) is 7.97. The van der Waals surface area contributed by atoms with Gasteiger partial charge >= 0.3 is 0 Å². The fraction of sp³-hybridized carbons (Fsp3) is 0.458. The Balaban J connectivity index is 1.61. The number of ether oxygens (including phenoxy) is 4. The standard InChI is InChI=1S/C24H31FN2O5/c1-16-12-26(14-18-6-8-19(25)9-7-18)13-17(2)27(16)23(28)15-32-20-10-21(29-3)24(31-5)22(11-20)30-4/h6-11,16-17H,12-15H2,1-5H3. The van der Waals surface area contributed by atoms with E-state index in [1.165, 1.54) is 33.5 Å². The molecule has 1 heterocycles. The molecular formula is C24H31FN2O5. The van der Waals surface area contributed by atoms with Gasteiger partial charge in [0.05, 0.1) is 21.3 Å². The predicted octanol–water partition coefficient (Wildman–Crippen LogP) is 3.35. The molecule has 3 rings (SSSR count). The van der Waals surface area contributed by atoms with Crippen LogP contribution in [0.1, 0.15) is 19.4 Å². The van der Waals surface area contributed by atoms with Gasteiger partial charge in [0.1, 0.15) is 11.6 Å². The smallest absolute Gasteiger partial charge is 0.261 e. The first-order valence-electron chi connectivity index (χ1n) is 10.6. The summed E-state index contributed by atoms with van der Waals surface area (Å²) in [7, 11) is 4.59. The van der Waals surface area contributed by atoms with Gasteiger partial charge in [-0.2, -0.15) is 0 Å². The molecule has 2 aromatic carbocycles. The summed E-state index contributed by atoms with van der Waals surface area (Å²) in [5.74, 6) is 1.53. The minimum atomic E-state index is -0.238. The molecule has 8 heteroatoms. The van der Waals surface area contributed by atoms with E-state index in [0.29, 0.717) is 23.0 Å². The zero-order valence-corrected chi connectivity index (χ0v) is 19.3. The highest BCUT2D eigenvalue weighted by Gasteiger charge is 2.33. The van der Waals surface area contributed by atoms with Gasteiger partial charge in [0.2, 0.25) is 5.75 Å². The van der Waals surface area contributed by atoms with E-state index in [2.05, 4.69) is 4.90 Å². The van der Waals surface area contributed by atoms with Gasteiger partial charge in [0.25, 0.3) is 5.91 Å². The van der Waals surface area contributed by atoms with Gasteiger partial charge in [0, 0.05) is 43.9 Å². The van der Waals surface area contributed by atoms with E-state index >= 15 is 0 Å². The van der Waals surface area contributed by atoms with Crippen LogP contribution in [0.3, 0.4) is 0 Å². The number of halogens is 1. The maximum absolute atomic E-state index is 13.2. The Hall–Kier alpha value is -3.00. The number of hydrogen-bond donors (Lipinski definition) is 0. The number of nitrogens with zero attached hydrogens (tertiary/aromatic N) is 2. The van der Waals surface area contributed by atoms with E-state index in [-0.39, 0.29) is 30.4 Å². The van der Waals surface area contributed by atoms with E-state index in [0.717, 1.165) is 25.2 Å². The van der Waals surface area contributed by atoms with Crippen LogP contribution in [0.4, 0.5) is 4.39 Å². The van der Waals surface area contributed by atoms with Gasteiger partial charge in [-0.25, -0.2) is 4.39 Å². The Morgan fingerprint density at radius 3 is 2.03 bits per heavy atom. The van der Waals surface area contributed by atoms with Crippen molar-refractivity contribution in [1.82, 2.24) is 9.80 Å². The molecule has 0 spiro atoms. The molecule has 32 heavy (non-hydrogen) atoms. The van der Waals surface area contributed by atoms with Crippen LogP contribution in [0.25, 0.3) is 0 Å². The van der Waals surface area contributed by atoms with Crippen molar-refractivity contribution in [3.05, 3.63) is 47.8 Å². The van der Waals surface area contributed by atoms with Crippen molar-refractivity contribution in [2.45, 2.75) is 32.5 Å². The first-order valence-corrected chi connectivity index (χ1v) is 10.6. The molecule has 0 bridgehead atoms. The Labute approximate surface area is 188 Å². The number of methoxy groups -OCH3 is 3. The number of benzene rings is 2. The molecule has 2 aromatic rings. The van der Waals surface area contributed by atoms with Crippen LogP contribution in [0.2, 0.25) is 0 Å². The number of piperazine rings is 1. The third-order valence-corrected chi connectivity index (χ3v) is 5.60. The summed E-state index contributed by atoms with van der Waals surface area (Å²) in [6, 6.07) is 9.93. The van der Waals surface area contributed by atoms with Crippen molar-refractivity contribution in [2.24, 2.45) is 0 Å². The van der Waals surface area contributed by atoms with Crippen LogP contribution in [0.5, 0.6) is 23.0 Å². The van der Waals surface area contributed by atoms with E-state index in [1.54, 1.807) is 24.3 Å². The van der Waals surface area contributed by atoms with E-state index in [4.69, 9.17) is 18.9 Å². The lowest BCUT2D eigenvalue weighted by atomic mass is 10.1. The van der Waals surface area contributed by atoms with E-state index in [1.807, 2.05) is 18.7 Å². The third kappa shape index (κ3) is 5.43. The molecule has 0 saturated carbocycles. The van der Waals surface area contributed by atoms with Gasteiger partial charge < -0.3 is 23.8 Å². The lowest BCUT2D eigenvalue weighted by Crippen LogP contribution is -2.59. The highest BCUT2D eigenvalue weighted by atomic mass is 19.1. The molecule has 2 unspecified atom stereocenters. The van der Waals surface area contributed by atoms with Gasteiger partial charge in [-0.05, 0) is 31.5 Å². The lowest BCUT2D eigenvalue weighted by molar-refractivity contribution is -0.141. The van der Waals surface area contributed by atoms with Crippen molar-refractivity contribution in [3.8, 4) is 23.0 Å². The van der Waals surface area contributed by atoms with Crippen molar-refractivity contribution in [3.63, 3.8) is 0 Å². The van der Waals surface area contributed by atoms with Crippen LogP contribution in [-0.4, -0.2) is 68.8 Å². The molecule has 0 aliphatic carbocycles. The molecule has 0 aromatic heterocycles. The Kier molecular flexibility index (Phi) is 7.80. The SMILES string of the molecule is COc1cc(OCC(=O)N2C(C)CN(Cc3ccc(F)cc3)CC2C)cc(OC)c1OC. The van der Waals surface area contributed by atoms with E-state index < -0.39 is 0 Å². The first kappa shape index (κ1) is 23.7. The molecule has 174 valence electrons. The lowest BCUT2D eigenvalue weighted by Gasteiger charge is -2.44. The van der Waals surface area contributed by atoms with Crippen LogP contribution in [0, 0.1) is 5.82 Å². The quantitative estimate of drug-likeness (QED) is 0.620. The monoisotopic (exact) mass is 446 g/mol. The molecular weight excluding hydrogens is 415 g/mol. The van der Waals surface area contributed by atoms with Crippen LogP contribution in [0.15, 0.2) is 36.4 Å². The summed E-state index contributed by atoms with van der Waals surface area (Å²) in [4.78, 5) is 17.1. The molecule has 0 radical (unpaired) electrons. The van der Waals surface area contributed by atoms with Crippen molar-refractivity contribution in [2.75, 3.05) is 41.0 Å². The number of amides is 1. The topological polar surface area (TPSA) is 60.5 Å². The van der Waals surface area contributed by atoms with Gasteiger partial charge in [-0.15, -0.1) is 0 Å². The highest BCUT2D eigenvalue weighted by molar-refractivity contribution is 5.78. The average Bonchev–Trinajstić information content (AvgIpc) is 2.77. The van der Waals surface area contributed by atoms with Crippen LogP contribution >= 0.6 is 0 Å². The summed E-state index contributed by atoms with van der Waals surface area (Å²) in [6.45, 7) is 6.16. The van der Waals surface area contributed by atoms with Gasteiger partial charge in [-0.3, -0.25) is 9.69 Å². The summed E-state index contributed by atoms with van der Waals surface area (Å²) < 4.78 is 34.9. The zero-order valence-electron chi connectivity index (χ0n) is 19.3. The summed E-state index contributed by atoms with van der Waals surface area (Å²) >= 11 is 0. The molecule has 0 N–H and O–H groups in total. The number of hydrogen-bond acceptors (Lipinski definition) is 6. The molecule has 2 atom stereocenters. The van der Waals surface area contributed by atoms with Crippen LogP contribution in [-0.2, 0) is 11.3 Å². The normalized spacial score (nSPS) is 18.9. The van der Waals surface area contributed by atoms with Gasteiger partial charge in [0.15, 0.2) is 18.1 Å². The van der Waals surface area contributed by atoms with Crippen molar-refractivity contribution in [1.29, 1.82) is 0 Å². The Morgan fingerprint density at radius 1 is 0.969 bits per heavy atom. The van der Waals surface area contributed by atoms with Crippen molar-refractivity contribution >= 4 is 5.91 Å². The van der Waals surface area contributed by atoms with E-state index in [9.17, 15) is 9.18 Å². The fourth-order valence-electron chi connectivity index (χ4n) is 4.26. The van der Waals surface area contributed by atoms with Gasteiger partial charge in [-0.1, -0.05) is 12.1 Å². The fourth-order valence-corrected chi connectivity index (χ4v) is 4.26. The second-order valence-electron chi connectivity index (χ2n) is 7.97.